The highest BCUT2D eigenvalue weighted by Gasteiger charge is 2.28. The van der Waals surface area contributed by atoms with Crippen molar-refractivity contribution >= 4 is 18.4 Å². The second-order valence-electron chi connectivity index (χ2n) is 2.78. The highest BCUT2D eigenvalue weighted by atomic mass is 35.5. The molecule has 1 rings (SSSR count). The van der Waals surface area contributed by atoms with Gasteiger partial charge in [0.2, 0.25) is 0 Å². The van der Waals surface area contributed by atoms with Crippen molar-refractivity contribution in [1.29, 1.82) is 0 Å². The lowest BCUT2D eigenvalue weighted by Crippen LogP contribution is -2.35. The quantitative estimate of drug-likeness (QED) is 0.681. The van der Waals surface area contributed by atoms with Crippen molar-refractivity contribution in [3.05, 3.63) is 12.7 Å². The lowest BCUT2D eigenvalue weighted by molar-refractivity contribution is -0.141. The summed E-state index contributed by atoms with van der Waals surface area (Å²) in [7, 11) is 0. The summed E-state index contributed by atoms with van der Waals surface area (Å²) in [6, 6.07) is -0.270. The molecule has 1 aliphatic rings. The molecule has 0 bridgehead atoms. The monoisotopic (exact) mass is 191 g/mol. The molecule has 0 saturated carbocycles. The molecule has 0 radical (unpaired) electrons. The molecule has 0 aromatic carbocycles. The van der Waals surface area contributed by atoms with Gasteiger partial charge in [-0.15, -0.1) is 19.0 Å². The van der Waals surface area contributed by atoms with Crippen molar-refractivity contribution < 1.29 is 9.90 Å². The third-order valence-corrected chi connectivity index (χ3v) is 2.01. The van der Waals surface area contributed by atoms with Crippen LogP contribution in [0.25, 0.3) is 0 Å². The first kappa shape index (κ1) is 11.5. The van der Waals surface area contributed by atoms with E-state index in [0.717, 1.165) is 19.4 Å². The minimum atomic E-state index is -0.704. The Labute approximate surface area is 78.5 Å². The first-order valence-corrected chi connectivity index (χ1v) is 3.83. The molecule has 12 heavy (non-hydrogen) atoms. The van der Waals surface area contributed by atoms with Gasteiger partial charge in [-0.2, -0.15) is 0 Å². The Hall–Kier alpha value is -0.540. The summed E-state index contributed by atoms with van der Waals surface area (Å²) >= 11 is 0. The van der Waals surface area contributed by atoms with Crippen LogP contribution in [-0.2, 0) is 4.79 Å². The van der Waals surface area contributed by atoms with Crippen LogP contribution in [0.15, 0.2) is 12.7 Å². The average Bonchev–Trinajstić information content (AvgIpc) is 2.36. The zero-order valence-electron chi connectivity index (χ0n) is 6.90. The number of likely N-dealkylation sites (tertiary alicyclic amines) is 1. The molecule has 1 heterocycles. The molecule has 1 aliphatic heterocycles. The molecule has 0 aromatic heterocycles. The van der Waals surface area contributed by atoms with Gasteiger partial charge in [-0.05, 0) is 19.4 Å². The molecule has 4 heteroatoms. The van der Waals surface area contributed by atoms with Gasteiger partial charge in [0.05, 0.1) is 0 Å². The first-order chi connectivity index (χ1) is 5.25. The second kappa shape index (κ2) is 5.17. The smallest absolute Gasteiger partial charge is 0.320 e. The highest BCUT2D eigenvalue weighted by molar-refractivity contribution is 5.85. The van der Waals surface area contributed by atoms with Gasteiger partial charge in [-0.25, -0.2) is 0 Å². The van der Waals surface area contributed by atoms with Crippen molar-refractivity contribution in [3.8, 4) is 0 Å². The summed E-state index contributed by atoms with van der Waals surface area (Å²) in [5.41, 5.74) is 0. The zero-order valence-corrected chi connectivity index (χ0v) is 7.72. The molecule has 1 unspecified atom stereocenters. The van der Waals surface area contributed by atoms with Crippen LogP contribution in [-0.4, -0.2) is 35.1 Å². The fourth-order valence-corrected chi connectivity index (χ4v) is 1.49. The van der Waals surface area contributed by atoms with E-state index in [-0.39, 0.29) is 18.4 Å². The summed E-state index contributed by atoms with van der Waals surface area (Å²) in [5.74, 6) is -0.704. The number of carboxylic acid groups (broad SMARTS) is 1. The van der Waals surface area contributed by atoms with Gasteiger partial charge < -0.3 is 5.11 Å². The van der Waals surface area contributed by atoms with E-state index in [9.17, 15) is 4.79 Å². The standard InChI is InChI=1S/C8H13NO2.ClH/c1-2-5-9-6-3-4-7(9)8(10)11;/h2,7H,1,3-6H2,(H,10,11);1H. The van der Waals surface area contributed by atoms with Crippen molar-refractivity contribution in [3.63, 3.8) is 0 Å². The molecule has 1 saturated heterocycles. The summed E-state index contributed by atoms with van der Waals surface area (Å²) in [5, 5.41) is 8.73. The van der Waals surface area contributed by atoms with Crippen LogP contribution in [0, 0.1) is 0 Å². The molecule has 1 N–H and O–H groups in total. The van der Waals surface area contributed by atoms with Crippen LogP contribution in [0.5, 0.6) is 0 Å². The Kier molecular flexibility index (Phi) is 4.93. The maximum absolute atomic E-state index is 10.6. The van der Waals surface area contributed by atoms with Gasteiger partial charge in [0.1, 0.15) is 6.04 Å². The molecule has 0 aliphatic carbocycles. The number of nitrogens with zero attached hydrogens (tertiary/aromatic N) is 1. The van der Waals surface area contributed by atoms with Crippen LogP contribution in [0.1, 0.15) is 12.8 Å². The molecule has 0 aromatic rings. The predicted octanol–water partition coefficient (Wildman–Crippen LogP) is 1.14. The van der Waals surface area contributed by atoms with Crippen LogP contribution in [0.3, 0.4) is 0 Å². The Morgan fingerprint density at radius 3 is 2.92 bits per heavy atom. The van der Waals surface area contributed by atoms with E-state index in [2.05, 4.69) is 6.58 Å². The molecule has 1 fully saturated rings. The Morgan fingerprint density at radius 2 is 2.42 bits per heavy atom. The number of carbonyl (C=O) groups is 1. The summed E-state index contributed by atoms with van der Waals surface area (Å²) < 4.78 is 0. The molecule has 0 spiro atoms. The van der Waals surface area contributed by atoms with Gasteiger partial charge in [0.25, 0.3) is 0 Å². The second-order valence-corrected chi connectivity index (χ2v) is 2.78. The number of halogens is 1. The van der Waals surface area contributed by atoms with E-state index < -0.39 is 5.97 Å². The van der Waals surface area contributed by atoms with Crippen molar-refractivity contribution in [1.82, 2.24) is 4.90 Å². The first-order valence-electron chi connectivity index (χ1n) is 3.83. The highest BCUT2D eigenvalue weighted by Crippen LogP contribution is 2.16. The van der Waals surface area contributed by atoms with Gasteiger partial charge in [-0.3, -0.25) is 9.69 Å². The van der Waals surface area contributed by atoms with Crippen LogP contribution < -0.4 is 0 Å². The molecular weight excluding hydrogens is 178 g/mol. The van der Waals surface area contributed by atoms with Gasteiger partial charge in [-0.1, -0.05) is 6.08 Å². The van der Waals surface area contributed by atoms with Crippen molar-refractivity contribution in [2.75, 3.05) is 13.1 Å². The fourth-order valence-electron chi connectivity index (χ4n) is 1.49. The van der Waals surface area contributed by atoms with Crippen LogP contribution >= 0.6 is 12.4 Å². The van der Waals surface area contributed by atoms with Crippen LogP contribution in [0.4, 0.5) is 0 Å². The molecule has 3 nitrogen and oxygen atoms in total. The zero-order chi connectivity index (χ0) is 8.27. The Bertz CT molecular complexity index is 172. The number of rotatable bonds is 3. The Balaban J connectivity index is 0.00000121. The largest absolute Gasteiger partial charge is 0.480 e. The maximum atomic E-state index is 10.6. The average molecular weight is 192 g/mol. The number of hydrogen-bond donors (Lipinski definition) is 1. The fraction of sp³-hybridized carbons (Fsp3) is 0.625. The summed E-state index contributed by atoms with van der Waals surface area (Å²) in [6.45, 7) is 5.17. The number of aliphatic carboxylic acids is 1. The predicted molar refractivity (Wildman–Crippen MR) is 49.7 cm³/mol. The third kappa shape index (κ3) is 2.50. The van der Waals surface area contributed by atoms with Crippen molar-refractivity contribution in [2.45, 2.75) is 18.9 Å². The van der Waals surface area contributed by atoms with Crippen molar-refractivity contribution in [2.24, 2.45) is 0 Å². The summed E-state index contributed by atoms with van der Waals surface area (Å²) in [6.07, 6.45) is 3.52. The minimum absolute atomic E-state index is 0. The Morgan fingerprint density at radius 1 is 1.75 bits per heavy atom. The molecular formula is C8H14ClNO2. The molecule has 1 atom stereocenters. The van der Waals surface area contributed by atoms with E-state index in [1.54, 1.807) is 6.08 Å². The number of carboxylic acids is 1. The van der Waals surface area contributed by atoms with Gasteiger partial charge in [0.15, 0.2) is 0 Å². The third-order valence-electron chi connectivity index (χ3n) is 2.01. The summed E-state index contributed by atoms with van der Waals surface area (Å²) in [4.78, 5) is 12.6. The maximum Gasteiger partial charge on any atom is 0.320 e. The van der Waals surface area contributed by atoms with Crippen LogP contribution in [0.2, 0.25) is 0 Å². The van der Waals surface area contributed by atoms with Gasteiger partial charge >= 0.3 is 5.97 Å². The van der Waals surface area contributed by atoms with Gasteiger partial charge in [0, 0.05) is 6.54 Å². The normalized spacial score (nSPS) is 23.2. The molecule has 0 amide bonds. The van der Waals surface area contributed by atoms with E-state index >= 15 is 0 Å². The topological polar surface area (TPSA) is 40.5 Å². The minimum Gasteiger partial charge on any atom is -0.480 e. The van der Waals surface area contributed by atoms with E-state index in [1.165, 1.54) is 0 Å². The lowest BCUT2D eigenvalue weighted by Gasteiger charge is -2.18. The van der Waals surface area contributed by atoms with E-state index in [1.807, 2.05) is 4.90 Å². The molecule has 70 valence electrons. The SMILES string of the molecule is C=CCN1CCCC1C(=O)O.Cl. The van der Waals surface area contributed by atoms with E-state index in [4.69, 9.17) is 5.11 Å². The number of hydrogen-bond acceptors (Lipinski definition) is 2. The lowest BCUT2D eigenvalue weighted by atomic mass is 10.2. The van der Waals surface area contributed by atoms with E-state index in [0.29, 0.717) is 6.54 Å².